The van der Waals surface area contributed by atoms with Gasteiger partial charge in [0.25, 0.3) is 15.2 Å². The van der Waals surface area contributed by atoms with Crippen LogP contribution in [-0.4, -0.2) is 36.9 Å². The van der Waals surface area contributed by atoms with Crippen LogP contribution in [0.1, 0.15) is 0 Å². The fraction of sp³-hybridized carbons (Fsp3) is 0.273. The molecule has 2 rings (SSSR count). The van der Waals surface area contributed by atoms with Crippen molar-refractivity contribution in [3.63, 3.8) is 0 Å². The minimum atomic E-state index is -4.08. The van der Waals surface area contributed by atoms with Crippen molar-refractivity contribution in [3.8, 4) is 11.4 Å². The Morgan fingerprint density at radius 3 is 2.71 bits per heavy atom. The van der Waals surface area contributed by atoms with Gasteiger partial charge in [-0.2, -0.15) is 0 Å². The molecule has 21 heavy (non-hydrogen) atoms. The van der Waals surface area contributed by atoms with E-state index in [4.69, 9.17) is 9.88 Å². The van der Waals surface area contributed by atoms with Gasteiger partial charge in [0, 0.05) is 11.6 Å². The smallest absolute Gasteiger partial charge is 0.273 e. The van der Waals surface area contributed by atoms with E-state index in [9.17, 15) is 12.8 Å². The Morgan fingerprint density at radius 2 is 2.14 bits per heavy atom. The summed E-state index contributed by atoms with van der Waals surface area (Å²) in [6.45, 7) is 0.311. The molecule has 0 aliphatic heterocycles. The lowest BCUT2D eigenvalue weighted by Gasteiger charge is -2.10. The van der Waals surface area contributed by atoms with Crippen molar-refractivity contribution < 1.29 is 17.5 Å². The highest BCUT2D eigenvalue weighted by molar-refractivity contribution is 9.10. The number of nitrogens with two attached hydrogens (primary N) is 1. The second-order valence-electron chi connectivity index (χ2n) is 4.09. The molecule has 10 heteroatoms. The Labute approximate surface area is 129 Å². The molecule has 1 aromatic carbocycles. The number of hydrogen-bond donors (Lipinski definition) is 1. The van der Waals surface area contributed by atoms with Gasteiger partial charge in [-0.3, -0.25) is 4.57 Å². The average molecular weight is 379 g/mol. The van der Waals surface area contributed by atoms with E-state index in [-0.39, 0.29) is 24.5 Å². The monoisotopic (exact) mass is 378 g/mol. The maximum absolute atomic E-state index is 14.0. The molecule has 7 nitrogen and oxygen atoms in total. The summed E-state index contributed by atoms with van der Waals surface area (Å²) in [5, 5.41) is 12.0. The van der Waals surface area contributed by atoms with Crippen LogP contribution in [-0.2, 0) is 21.3 Å². The van der Waals surface area contributed by atoms with Crippen LogP contribution in [0.15, 0.2) is 27.8 Å². The van der Waals surface area contributed by atoms with Gasteiger partial charge in [0.05, 0.1) is 18.7 Å². The van der Waals surface area contributed by atoms with Gasteiger partial charge in [0.2, 0.25) is 0 Å². The Kier molecular flexibility index (Phi) is 4.71. The van der Waals surface area contributed by atoms with Gasteiger partial charge in [0.1, 0.15) is 5.82 Å². The van der Waals surface area contributed by atoms with Crippen LogP contribution in [0.25, 0.3) is 11.4 Å². The maximum Gasteiger partial charge on any atom is 0.273 e. The number of halogens is 2. The summed E-state index contributed by atoms with van der Waals surface area (Å²) in [5.74, 6) is -0.502. The van der Waals surface area contributed by atoms with Gasteiger partial charge in [-0.1, -0.05) is 6.07 Å². The summed E-state index contributed by atoms with van der Waals surface area (Å²) in [7, 11) is -2.62. The first-order valence-electron chi connectivity index (χ1n) is 5.75. The number of methoxy groups -OCH3 is 1. The molecule has 0 unspecified atom stereocenters. The first-order valence-corrected chi connectivity index (χ1v) is 8.09. The molecule has 0 amide bonds. The van der Waals surface area contributed by atoms with E-state index >= 15 is 0 Å². The van der Waals surface area contributed by atoms with E-state index in [2.05, 4.69) is 26.1 Å². The normalized spacial score (nSPS) is 11.8. The zero-order chi connectivity index (χ0) is 15.6. The lowest BCUT2D eigenvalue weighted by molar-refractivity contribution is 0.185. The van der Waals surface area contributed by atoms with Gasteiger partial charge in [-0.25, -0.2) is 17.9 Å². The first kappa shape index (κ1) is 16.0. The van der Waals surface area contributed by atoms with Crippen LogP contribution in [0.3, 0.4) is 0 Å². The van der Waals surface area contributed by atoms with E-state index in [1.54, 1.807) is 6.07 Å². The third-order valence-electron chi connectivity index (χ3n) is 2.68. The number of nitrogens with zero attached hydrogens (tertiary/aromatic N) is 3. The molecule has 0 spiro atoms. The summed E-state index contributed by atoms with van der Waals surface area (Å²) >= 11 is 3.21. The Balaban J connectivity index is 2.67. The van der Waals surface area contributed by atoms with E-state index in [0.717, 1.165) is 0 Å². The second kappa shape index (κ2) is 6.18. The fourth-order valence-corrected chi connectivity index (χ4v) is 2.94. The molecule has 0 aliphatic carbocycles. The molecule has 114 valence electrons. The minimum absolute atomic E-state index is 0.0565. The quantitative estimate of drug-likeness (QED) is 0.840. The molecule has 0 atom stereocenters. The van der Waals surface area contributed by atoms with E-state index in [0.29, 0.717) is 4.47 Å². The molecule has 0 bridgehead atoms. The average Bonchev–Trinajstić information content (AvgIpc) is 2.79. The number of sulfonamides is 1. The number of hydrogen-bond acceptors (Lipinski definition) is 5. The number of aromatic nitrogens is 3. The number of benzene rings is 1. The lowest BCUT2D eigenvalue weighted by Crippen LogP contribution is -2.20. The van der Waals surface area contributed by atoms with Crippen LogP contribution in [0.4, 0.5) is 4.39 Å². The number of rotatable bonds is 5. The van der Waals surface area contributed by atoms with Crippen LogP contribution in [0, 0.1) is 5.82 Å². The Hall–Kier alpha value is -1.36. The summed E-state index contributed by atoms with van der Waals surface area (Å²) in [5.41, 5.74) is 0.107. The predicted octanol–water partition coefficient (Wildman–Crippen LogP) is 1.14. The standard InChI is InChI=1S/C11H12BrFN4O3S/c1-20-6-5-17-10(15-16-11(17)21(14,18)19)9-7(12)3-2-4-8(9)13/h2-4H,5-6H2,1H3,(H2,14,18,19). The highest BCUT2D eigenvalue weighted by atomic mass is 79.9. The van der Waals surface area contributed by atoms with Crippen LogP contribution < -0.4 is 5.14 Å². The van der Waals surface area contributed by atoms with E-state index < -0.39 is 21.0 Å². The molecule has 0 saturated heterocycles. The molecular weight excluding hydrogens is 367 g/mol. The van der Waals surface area contributed by atoms with Crippen LogP contribution in [0.2, 0.25) is 0 Å². The summed E-state index contributed by atoms with van der Waals surface area (Å²) < 4.78 is 43.7. The predicted molar refractivity (Wildman–Crippen MR) is 76.4 cm³/mol. The Bertz CT molecular complexity index is 743. The zero-order valence-electron chi connectivity index (χ0n) is 11.0. The summed E-state index contributed by atoms with van der Waals surface area (Å²) in [6, 6.07) is 4.37. The highest BCUT2D eigenvalue weighted by Gasteiger charge is 2.24. The van der Waals surface area contributed by atoms with Crippen molar-refractivity contribution in [2.24, 2.45) is 5.14 Å². The third kappa shape index (κ3) is 3.28. The van der Waals surface area contributed by atoms with Crippen molar-refractivity contribution in [3.05, 3.63) is 28.5 Å². The van der Waals surface area contributed by atoms with Gasteiger partial charge >= 0.3 is 0 Å². The van der Waals surface area contributed by atoms with Crippen molar-refractivity contribution in [2.45, 2.75) is 11.7 Å². The Morgan fingerprint density at radius 1 is 1.43 bits per heavy atom. The topological polar surface area (TPSA) is 100 Å². The molecule has 0 saturated carbocycles. The van der Waals surface area contributed by atoms with E-state index in [1.165, 1.54) is 23.8 Å². The minimum Gasteiger partial charge on any atom is -0.383 e. The van der Waals surface area contributed by atoms with Crippen LogP contribution >= 0.6 is 15.9 Å². The lowest BCUT2D eigenvalue weighted by atomic mass is 10.2. The van der Waals surface area contributed by atoms with Crippen molar-refractivity contribution in [1.29, 1.82) is 0 Å². The first-order chi connectivity index (χ1) is 9.86. The summed E-state index contributed by atoms with van der Waals surface area (Å²) in [6.07, 6.45) is 0. The second-order valence-corrected chi connectivity index (χ2v) is 6.40. The number of ether oxygens (including phenoxy) is 1. The molecule has 2 N–H and O–H groups in total. The summed E-state index contributed by atoms with van der Waals surface area (Å²) in [4.78, 5) is 0. The maximum atomic E-state index is 14.0. The molecule has 1 heterocycles. The molecule has 0 aliphatic rings. The largest absolute Gasteiger partial charge is 0.383 e. The SMILES string of the molecule is COCCn1c(-c2c(F)cccc2Br)nnc1S(N)(=O)=O. The van der Waals surface area contributed by atoms with Crippen molar-refractivity contribution in [2.75, 3.05) is 13.7 Å². The van der Waals surface area contributed by atoms with Crippen LogP contribution in [0.5, 0.6) is 0 Å². The van der Waals surface area contributed by atoms with Gasteiger partial charge in [-0.05, 0) is 28.1 Å². The van der Waals surface area contributed by atoms with Crippen molar-refractivity contribution >= 4 is 26.0 Å². The van der Waals surface area contributed by atoms with Gasteiger partial charge in [0.15, 0.2) is 5.82 Å². The van der Waals surface area contributed by atoms with Gasteiger partial charge in [-0.15, -0.1) is 10.2 Å². The van der Waals surface area contributed by atoms with Gasteiger partial charge < -0.3 is 4.74 Å². The fourth-order valence-electron chi connectivity index (χ4n) is 1.78. The molecule has 0 fully saturated rings. The zero-order valence-corrected chi connectivity index (χ0v) is 13.4. The third-order valence-corrected chi connectivity index (χ3v) is 4.15. The van der Waals surface area contributed by atoms with E-state index in [1.807, 2.05) is 0 Å². The number of primary sulfonamides is 1. The van der Waals surface area contributed by atoms with Crippen molar-refractivity contribution in [1.82, 2.24) is 14.8 Å². The molecule has 2 aromatic rings. The molecule has 1 aromatic heterocycles. The molecule has 0 radical (unpaired) electrons. The molecular formula is C11H12BrFN4O3S. The highest BCUT2D eigenvalue weighted by Crippen LogP contribution is 2.30.